The number of halogens is 1. The van der Waals surface area contributed by atoms with Crippen LogP contribution in [-0.2, 0) is 0 Å². The zero-order chi connectivity index (χ0) is 10.0. The third-order valence-corrected chi connectivity index (χ3v) is 1.53. The van der Waals surface area contributed by atoms with E-state index in [-0.39, 0.29) is 16.7 Å². The monoisotopic (exact) mass is 201 g/mol. The van der Waals surface area contributed by atoms with Gasteiger partial charge in [0.15, 0.2) is 11.5 Å². The SMILES string of the molecule is CN(C)c1ncc(Cl)nc1C(=O)O. The number of anilines is 1. The minimum Gasteiger partial charge on any atom is -0.476 e. The molecule has 1 aromatic heterocycles. The van der Waals surface area contributed by atoms with E-state index < -0.39 is 5.97 Å². The van der Waals surface area contributed by atoms with Crippen molar-refractivity contribution in [2.75, 3.05) is 19.0 Å². The van der Waals surface area contributed by atoms with Crippen molar-refractivity contribution in [3.8, 4) is 0 Å². The molecule has 0 radical (unpaired) electrons. The smallest absolute Gasteiger partial charge is 0.358 e. The quantitative estimate of drug-likeness (QED) is 0.770. The molecule has 1 rings (SSSR count). The van der Waals surface area contributed by atoms with Gasteiger partial charge in [-0.2, -0.15) is 0 Å². The van der Waals surface area contributed by atoms with Crippen molar-refractivity contribution in [3.05, 3.63) is 17.0 Å². The van der Waals surface area contributed by atoms with Crippen LogP contribution in [0.4, 0.5) is 5.82 Å². The van der Waals surface area contributed by atoms with Crippen LogP contribution in [0.15, 0.2) is 6.20 Å². The summed E-state index contributed by atoms with van der Waals surface area (Å²) < 4.78 is 0. The Hall–Kier alpha value is -1.36. The Morgan fingerprint density at radius 3 is 2.69 bits per heavy atom. The maximum absolute atomic E-state index is 10.7. The summed E-state index contributed by atoms with van der Waals surface area (Å²) >= 11 is 5.51. The van der Waals surface area contributed by atoms with Gasteiger partial charge in [-0.1, -0.05) is 11.6 Å². The summed E-state index contributed by atoms with van der Waals surface area (Å²) in [6, 6.07) is 0. The molecule has 0 atom stereocenters. The second kappa shape index (κ2) is 3.57. The van der Waals surface area contributed by atoms with Gasteiger partial charge in [-0.15, -0.1) is 0 Å². The lowest BCUT2D eigenvalue weighted by molar-refractivity contribution is 0.0691. The highest BCUT2D eigenvalue weighted by atomic mass is 35.5. The molecule has 0 aromatic carbocycles. The van der Waals surface area contributed by atoms with Crippen molar-refractivity contribution in [1.29, 1.82) is 0 Å². The minimum atomic E-state index is -1.14. The highest BCUT2D eigenvalue weighted by Gasteiger charge is 2.15. The Morgan fingerprint density at radius 2 is 2.23 bits per heavy atom. The number of aromatic carboxylic acids is 1. The van der Waals surface area contributed by atoms with E-state index in [1.54, 1.807) is 19.0 Å². The molecule has 0 bridgehead atoms. The number of hydrogen-bond donors (Lipinski definition) is 1. The lowest BCUT2D eigenvalue weighted by Crippen LogP contribution is -2.17. The Morgan fingerprint density at radius 1 is 1.62 bits per heavy atom. The molecule has 5 nitrogen and oxygen atoms in total. The van der Waals surface area contributed by atoms with Crippen molar-refractivity contribution >= 4 is 23.4 Å². The molecule has 0 unspecified atom stereocenters. The van der Waals surface area contributed by atoms with E-state index in [1.807, 2.05) is 0 Å². The standard InChI is InChI=1S/C7H8ClN3O2/c1-11(2)6-5(7(12)13)10-4(8)3-9-6/h3H,1-2H3,(H,12,13). The summed E-state index contributed by atoms with van der Waals surface area (Å²) in [4.78, 5) is 19.8. The van der Waals surface area contributed by atoms with Gasteiger partial charge in [-0.3, -0.25) is 0 Å². The van der Waals surface area contributed by atoms with Gasteiger partial charge in [0.2, 0.25) is 0 Å². The summed E-state index contributed by atoms with van der Waals surface area (Å²) in [5.74, 6) is -0.851. The van der Waals surface area contributed by atoms with E-state index in [9.17, 15) is 4.79 Å². The van der Waals surface area contributed by atoms with Crippen LogP contribution in [0, 0.1) is 0 Å². The zero-order valence-corrected chi connectivity index (χ0v) is 7.91. The Kier molecular flexibility index (Phi) is 2.67. The maximum atomic E-state index is 10.7. The second-order valence-electron chi connectivity index (χ2n) is 2.56. The van der Waals surface area contributed by atoms with Gasteiger partial charge in [0.05, 0.1) is 6.20 Å². The number of carbonyl (C=O) groups is 1. The van der Waals surface area contributed by atoms with Crippen molar-refractivity contribution < 1.29 is 9.90 Å². The van der Waals surface area contributed by atoms with E-state index >= 15 is 0 Å². The number of rotatable bonds is 2. The van der Waals surface area contributed by atoms with E-state index in [4.69, 9.17) is 16.7 Å². The van der Waals surface area contributed by atoms with Crippen LogP contribution >= 0.6 is 11.6 Å². The zero-order valence-electron chi connectivity index (χ0n) is 7.15. The Bertz CT molecular complexity index is 341. The van der Waals surface area contributed by atoms with Crippen molar-refractivity contribution in [2.24, 2.45) is 0 Å². The lowest BCUT2D eigenvalue weighted by Gasteiger charge is -2.12. The van der Waals surface area contributed by atoms with Crippen LogP contribution in [0.5, 0.6) is 0 Å². The molecule has 0 aliphatic heterocycles. The average molecular weight is 202 g/mol. The molecule has 1 aromatic rings. The van der Waals surface area contributed by atoms with Crippen LogP contribution in [0.2, 0.25) is 5.15 Å². The van der Waals surface area contributed by atoms with Crippen LogP contribution in [0.25, 0.3) is 0 Å². The molecule has 6 heteroatoms. The lowest BCUT2D eigenvalue weighted by atomic mass is 10.4. The third kappa shape index (κ3) is 2.06. The molecule has 13 heavy (non-hydrogen) atoms. The van der Waals surface area contributed by atoms with E-state index in [0.29, 0.717) is 0 Å². The van der Waals surface area contributed by atoms with Crippen molar-refractivity contribution in [2.45, 2.75) is 0 Å². The van der Waals surface area contributed by atoms with Gasteiger partial charge in [-0.25, -0.2) is 14.8 Å². The first kappa shape index (κ1) is 9.73. The molecule has 0 aliphatic rings. The van der Waals surface area contributed by atoms with E-state index in [2.05, 4.69) is 9.97 Å². The van der Waals surface area contributed by atoms with Gasteiger partial charge in [0.1, 0.15) is 5.15 Å². The first-order chi connectivity index (χ1) is 6.02. The third-order valence-electron chi connectivity index (χ3n) is 1.35. The molecule has 0 spiro atoms. The topological polar surface area (TPSA) is 66.3 Å². The summed E-state index contributed by atoms with van der Waals surface area (Å²) in [5, 5.41) is 8.82. The first-order valence-corrected chi connectivity index (χ1v) is 3.83. The van der Waals surface area contributed by atoms with Gasteiger partial charge < -0.3 is 10.0 Å². The number of aromatic nitrogens is 2. The molecule has 1 N–H and O–H groups in total. The molecule has 0 fully saturated rings. The number of hydrogen-bond acceptors (Lipinski definition) is 4. The van der Waals surface area contributed by atoms with Crippen molar-refractivity contribution in [3.63, 3.8) is 0 Å². The van der Waals surface area contributed by atoms with Gasteiger partial charge >= 0.3 is 5.97 Å². The Labute approximate surface area is 80.0 Å². The van der Waals surface area contributed by atoms with Crippen LogP contribution in [-0.4, -0.2) is 35.1 Å². The van der Waals surface area contributed by atoms with E-state index in [0.717, 1.165) is 0 Å². The van der Waals surface area contributed by atoms with Crippen LogP contribution in [0.3, 0.4) is 0 Å². The van der Waals surface area contributed by atoms with E-state index in [1.165, 1.54) is 6.20 Å². The molecular formula is C7H8ClN3O2. The minimum absolute atomic E-state index is 0.0722. The van der Waals surface area contributed by atoms with Crippen LogP contribution in [0.1, 0.15) is 10.5 Å². The van der Waals surface area contributed by atoms with Gasteiger partial charge in [-0.05, 0) is 0 Å². The predicted molar refractivity (Wildman–Crippen MR) is 48.3 cm³/mol. The number of carboxylic acids is 1. The summed E-state index contributed by atoms with van der Waals surface area (Å²) in [7, 11) is 3.37. The van der Waals surface area contributed by atoms with Gasteiger partial charge in [0, 0.05) is 14.1 Å². The predicted octanol–water partition coefficient (Wildman–Crippen LogP) is 0.894. The fourth-order valence-corrected chi connectivity index (χ4v) is 0.965. The van der Waals surface area contributed by atoms with Crippen LogP contribution < -0.4 is 4.90 Å². The molecular weight excluding hydrogens is 194 g/mol. The molecule has 0 aliphatic carbocycles. The second-order valence-corrected chi connectivity index (χ2v) is 2.95. The first-order valence-electron chi connectivity index (χ1n) is 3.45. The highest BCUT2D eigenvalue weighted by Crippen LogP contribution is 2.15. The highest BCUT2D eigenvalue weighted by molar-refractivity contribution is 6.29. The average Bonchev–Trinajstić information content (AvgIpc) is 2.03. The van der Waals surface area contributed by atoms with Gasteiger partial charge in [0.25, 0.3) is 0 Å². The number of nitrogens with zero attached hydrogens (tertiary/aromatic N) is 3. The maximum Gasteiger partial charge on any atom is 0.358 e. The normalized spacial score (nSPS) is 9.77. The molecule has 0 amide bonds. The molecule has 70 valence electrons. The summed E-state index contributed by atoms with van der Waals surface area (Å²) in [5.41, 5.74) is -0.141. The Balaban J connectivity index is 3.27. The fraction of sp³-hybridized carbons (Fsp3) is 0.286. The summed E-state index contributed by atoms with van der Waals surface area (Å²) in [6.07, 6.45) is 1.31. The molecule has 0 saturated carbocycles. The number of carboxylic acid groups (broad SMARTS) is 1. The molecule has 0 saturated heterocycles. The summed E-state index contributed by atoms with van der Waals surface area (Å²) in [6.45, 7) is 0. The van der Waals surface area contributed by atoms with Crippen molar-refractivity contribution in [1.82, 2.24) is 9.97 Å². The fourth-order valence-electron chi connectivity index (χ4n) is 0.832. The molecule has 1 heterocycles. The largest absolute Gasteiger partial charge is 0.476 e.